The van der Waals surface area contributed by atoms with Crippen LogP contribution in [0.1, 0.15) is 115 Å². The maximum atomic E-state index is 13.9. The lowest BCUT2D eigenvalue weighted by Gasteiger charge is -2.51. The van der Waals surface area contributed by atoms with Gasteiger partial charge in [-0.05, 0) is 76.5 Å². The van der Waals surface area contributed by atoms with Gasteiger partial charge in [-0.1, -0.05) is 193 Å². The molecule has 1 amide bonds. The molecule has 5 aromatic carbocycles. The molecule has 7 fully saturated rings. The number of hydrogen-bond donors (Lipinski definition) is 3. The number of fused-ring (bicyclic) bond motifs is 3. The molecule has 1 aliphatic carbocycles. The van der Waals surface area contributed by atoms with Gasteiger partial charge in [0.1, 0.15) is 55.4 Å². The Balaban J connectivity index is 0.889. The van der Waals surface area contributed by atoms with Crippen LogP contribution in [-0.2, 0) is 63.2 Å². The number of hydrogen-bond acceptors (Lipinski definition) is 15. The SMILES string of the molecule is CC[C@H]1O[C@@H](O[C@@H]2[C@H]3OC(=O)C[C@@H]3C[C@H](C)[C@H]2O[C@H]2O[C@@H]3CCC(c4ccccc4)O[C@H]3[C@H](O)[C@H]2NC(=O)OCc2ccccc2)[C@H](O[Si](c2ccccc2)(c2ccccc2)C(C)(C)C)[C@@H]1O[C@H]1O[C@H]2CCC(c3ccccc3)O[C@H]2[C@H](O)[C@H]1C. The Labute approximate surface area is 500 Å². The summed E-state index contributed by atoms with van der Waals surface area (Å²) in [6.07, 6.45) is -10.5. The molecule has 21 atom stereocenters. The first-order valence-corrected chi connectivity index (χ1v) is 32.7. The zero-order valence-corrected chi connectivity index (χ0v) is 50.4. The molecular weight excluding hydrogens is 1100 g/mol. The molecule has 3 N–H and O–H groups in total. The molecule has 17 heteroatoms. The number of aliphatic hydroxyl groups excluding tert-OH is 2. The van der Waals surface area contributed by atoms with E-state index in [1.54, 1.807) is 0 Å². The van der Waals surface area contributed by atoms with E-state index in [0.29, 0.717) is 38.5 Å². The minimum atomic E-state index is -3.46. The third-order valence-electron chi connectivity index (χ3n) is 18.9. The Hall–Kier alpha value is -5.38. The number of benzene rings is 5. The van der Waals surface area contributed by atoms with E-state index in [-0.39, 0.29) is 43.0 Å². The number of alkyl carbamates (subject to hydrolysis) is 1. The summed E-state index contributed by atoms with van der Waals surface area (Å²) in [7, 11) is -3.46. The van der Waals surface area contributed by atoms with Crippen LogP contribution in [0.5, 0.6) is 0 Å². The van der Waals surface area contributed by atoms with Crippen molar-refractivity contribution in [3.8, 4) is 0 Å². The van der Waals surface area contributed by atoms with Crippen molar-refractivity contribution in [3.05, 3.63) is 168 Å². The second kappa shape index (κ2) is 25.8. The van der Waals surface area contributed by atoms with Crippen LogP contribution in [-0.4, -0.2) is 129 Å². The van der Waals surface area contributed by atoms with Crippen molar-refractivity contribution >= 4 is 30.8 Å². The van der Waals surface area contributed by atoms with E-state index in [4.69, 9.17) is 51.8 Å². The summed E-state index contributed by atoms with van der Waals surface area (Å²) in [6.45, 7) is 12.7. The Morgan fingerprint density at radius 2 is 1.12 bits per heavy atom. The van der Waals surface area contributed by atoms with Crippen molar-refractivity contribution < 1.29 is 71.6 Å². The van der Waals surface area contributed by atoms with Gasteiger partial charge in [-0.15, -0.1) is 0 Å². The van der Waals surface area contributed by atoms with Crippen molar-refractivity contribution in [2.75, 3.05) is 0 Å². The third-order valence-corrected chi connectivity index (χ3v) is 23.9. The highest BCUT2D eigenvalue weighted by Crippen LogP contribution is 2.48. The summed E-state index contributed by atoms with van der Waals surface area (Å²) in [5.74, 6) is -1.38. The van der Waals surface area contributed by atoms with Crippen LogP contribution in [0.25, 0.3) is 0 Å². The van der Waals surface area contributed by atoms with Crippen LogP contribution >= 0.6 is 0 Å². The lowest BCUT2D eigenvalue weighted by Crippen LogP contribution is -2.69. The molecule has 0 bridgehead atoms. The molecule has 85 heavy (non-hydrogen) atoms. The number of nitrogens with one attached hydrogen (secondary N) is 1. The molecule has 2 unspecified atom stereocenters. The molecule has 6 saturated heterocycles. The second-order valence-electron chi connectivity index (χ2n) is 25.4. The van der Waals surface area contributed by atoms with Gasteiger partial charge in [-0.2, -0.15) is 0 Å². The van der Waals surface area contributed by atoms with Crippen molar-refractivity contribution in [2.24, 2.45) is 17.8 Å². The monoisotopic (exact) mass is 1180 g/mol. The smallest absolute Gasteiger partial charge is 0.407 e. The highest BCUT2D eigenvalue weighted by molar-refractivity contribution is 6.99. The Kier molecular flexibility index (Phi) is 18.2. The summed E-state index contributed by atoms with van der Waals surface area (Å²) in [6, 6.07) is 48.9. The number of amides is 1. The van der Waals surface area contributed by atoms with E-state index >= 15 is 0 Å². The number of ether oxygens (including phenoxy) is 10. The summed E-state index contributed by atoms with van der Waals surface area (Å²) < 4.78 is 76.8. The number of esters is 1. The molecule has 6 aliphatic heterocycles. The predicted molar refractivity (Wildman–Crippen MR) is 316 cm³/mol. The second-order valence-corrected chi connectivity index (χ2v) is 29.7. The summed E-state index contributed by atoms with van der Waals surface area (Å²) >= 11 is 0. The van der Waals surface area contributed by atoms with E-state index in [2.05, 4.69) is 69.4 Å². The number of aliphatic hydroxyl groups is 2. The average Bonchev–Trinajstić information content (AvgIpc) is 2.67. The van der Waals surface area contributed by atoms with Crippen LogP contribution in [0.3, 0.4) is 0 Å². The van der Waals surface area contributed by atoms with Crippen molar-refractivity contribution in [1.29, 1.82) is 0 Å². The van der Waals surface area contributed by atoms with Crippen molar-refractivity contribution in [1.82, 2.24) is 5.32 Å². The molecular formula is C68H83NO15Si. The largest absolute Gasteiger partial charge is 0.459 e. The van der Waals surface area contributed by atoms with E-state index in [0.717, 1.165) is 27.1 Å². The first-order valence-electron chi connectivity index (χ1n) is 30.8. The molecule has 12 rings (SSSR count). The van der Waals surface area contributed by atoms with Crippen LogP contribution in [0.4, 0.5) is 4.79 Å². The summed E-state index contributed by atoms with van der Waals surface area (Å²) in [5.41, 5.74) is 2.82. The quantitative estimate of drug-likeness (QED) is 0.0626. The average molecular weight is 1180 g/mol. The van der Waals surface area contributed by atoms with Crippen LogP contribution in [0, 0.1) is 17.8 Å². The molecule has 1 saturated carbocycles. The van der Waals surface area contributed by atoms with E-state index in [1.807, 2.05) is 129 Å². The van der Waals surface area contributed by atoms with Gasteiger partial charge >= 0.3 is 12.1 Å². The predicted octanol–water partition coefficient (Wildman–Crippen LogP) is 9.14. The van der Waals surface area contributed by atoms with Gasteiger partial charge in [-0.25, -0.2) is 4.79 Å². The normalized spacial score (nSPS) is 36.5. The zero-order valence-electron chi connectivity index (χ0n) is 49.4. The van der Waals surface area contributed by atoms with E-state index in [1.165, 1.54) is 0 Å². The topological polar surface area (TPSA) is 188 Å². The summed E-state index contributed by atoms with van der Waals surface area (Å²) in [5, 5.41) is 29.3. The number of rotatable bonds is 16. The Morgan fingerprint density at radius 1 is 0.600 bits per heavy atom. The fourth-order valence-electron chi connectivity index (χ4n) is 14.5. The van der Waals surface area contributed by atoms with Crippen molar-refractivity contribution in [2.45, 2.75) is 209 Å². The maximum Gasteiger partial charge on any atom is 0.407 e. The Bertz CT molecular complexity index is 2940. The minimum absolute atomic E-state index is 0.0104. The minimum Gasteiger partial charge on any atom is -0.459 e. The summed E-state index contributed by atoms with van der Waals surface area (Å²) in [4.78, 5) is 27.5. The highest BCUT2D eigenvalue weighted by Gasteiger charge is 2.62. The van der Waals surface area contributed by atoms with Gasteiger partial charge < -0.3 is 67.3 Å². The highest BCUT2D eigenvalue weighted by atomic mass is 28.4. The fraction of sp³-hybridized carbons (Fsp3) is 0.529. The van der Waals surface area contributed by atoms with Crippen molar-refractivity contribution in [3.63, 3.8) is 0 Å². The lowest BCUT2D eigenvalue weighted by molar-refractivity contribution is -0.329. The number of carbonyl (C=O) groups excluding carboxylic acids is 2. The van der Waals surface area contributed by atoms with Gasteiger partial charge in [0.05, 0.1) is 49.1 Å². The van der Waals surface area contributed by atoms with Gasteiger partial charge in [0, 0.05) is 11.8 Å². The number of carbonyl (C=O) groups is 2. The zero-order chi connectivity index (χ0) is 59.0. The van der Waals surface area contributed by atoms with Gasteiger partial charge in [0.2, 0.25) is 0 Å². The molecule has 0 aromatic heterocycles. The van der Waals surface area contributed by atoms with E-state index < -0.39 is 124 Å². The maximum absolute atomic E-state index is 13.9. The molecule has 0 spiro atoms. The van der Waals surface area contributed by atoms with Gasteiger partial charge in [-0.3, -0.25) is 4.79 Å². The first-order chi connectivity index (χ1) is 41.2. The molecule has 7 aliphatic rings. The fourth-order valence-corrected chi connectivity index (χ4v) is 19.2. The van der Waals surface area contributed by atoms with Gasteiger partial charge in [0.15, 0.2) is 18.9 Å². The van der Waals surface area contributed by atoms with E-state index in [9.17, 15) is 19.8 Å². The molecule has 454 valence electrons. The standard InChI is InChI=1S/C68H83NO15Si/c1-7-48-61(82-64-41(3)55(71)59-51(78-64)35-33-49(75-59)43-25-15-9-16-26-43)63(84-85(68(4,5)6,46-29-19-11-20-30-46)47-31-21-12-22-32-47)66(77-48)83-62-57(40(2)37-45-38-53(70)80-58(45)62)81-65-54(69-67(73)74-39-42-23-13-8-14-24-42)56(72)60-52(79-65)36-34-50(76-60)44-27-17-10-18-28-44/h8-32,40-41,45,48-52,54-66,71-72H,7,33-39H2,1-6H3,(H,69,73)/t40-,41+,45-,48+,49?,50?,51-,52+,54+,55+,56+,57+,58-,59+,60+,61+,62-,63+,64+,65+,66-/m0/s1. The molecule has 6 heterocycles. The first kappa shape index (κ1) is 59.9. The van der Waals surface area contributed by atoms with Crippen LogP contribution in [0.2, 0.25) is 5.04 Å². The third kappa shape index (κ3) is 12.3. The lowest BCUT2D eigenvalue weighted by atomic mass is 9.76. The molecule has 5 aromatic rings. The van der Waals surface area contributed by atoms with Crippen LogP contribution < -0.4 is 15.7 Å². The molecule has 16 nitrogen and oxygen atoms in total. The van der Waals surface area contributed by atoms with Crippen LogP contribution in [0.15, 0.2) is 152 Å². The van der Waals surface area contributed by atoms with Gasteiger partial charge in [0.25, 0.3) is 8.32 Å². The Morgan fingerprint density at radius 3 is 1.68 bits per heavy atom. The molecule has 0 radical (unpaired) electrons.